The maximum Gasteiger partial charge on any atom is 0.416 e. The van der Waals surface area contributed by atoms with Gasteiger partial charge in [0.1, 0.15) is 0 Å². The monoisotopic (exact) mass is 415 g/mol. The smallest absolute Gasteiger partial charge is 0.340 e. The molecule has 0 N–H and O–H groups in total. The zero-order valence-electron chi connectivity index (χ0n) is 16.3. The minimum atomic E-state index is -4.44. The van der Waals surface area contributed by atoms with Crippen molar-refractivity contribution < 1.29 is 22.5 Å². The SMILES string of the molecule is CCC(C(=O)N1CC(c2nc(-c3cccc(C(F)(F)F)c3)no2)C1)c1ccccc1. The second kappa shape index (κ2) is 7.93. The zero-order chi connectivity index (χ0) is 21.3. The van der Waals surface area contributed by atoms with Crippen LogP contribution >= 0.6 is 0 Å². The molecule has 3 aromatic rings. The van der Waals surface area contributed by atoms with Crippen LogP contribution in [-0.2, 0) is 11.0 Å². The highest BCUT2D eigenvalue weighted by molar-refractivity contribution is 5.84. The largest absolute Gasteiger partial charge is 0.416 e. The van der Waals surface area contributed by atoms with E-state index >= 15 is 0 Å². The highest BCUT2D eigenvalue weighted by Crippen LogP contribution is 2.34. The van der Waals surface area contributed by atoms with Crippen LogP contribution in [0.15, 0.2) is 59.1 Å². The molecule has 0 radical (unpaired) electrons. The minimum absolute atomic E-state index is 0.0533. The van der Waals surface area contributed by atoms with Gasteiger partial charge in [-0.2, -0.15) is 18.2 Å². The summed E-state index contributed by atoms with van der Waals surface area (Å²) in [6.45, 7) is 2.88. The van der Waals surface area contributed by atoms with Crippen LogP contribution in [-0.4, -0.2) is 34.0 Å². The molecule has 1 fully saturated rings. The summed E-state index contributed by atoms with van der Waals surface area (Å²) < 4.78 is 44.0. The Morgan fingerprint density at radius 2 is 1.90 bits per heavy atom. The molecule has 2 heterocycles. The van der Waals surface area contributed by atoms with Gasteiger partial charge in [0.15, 0.2) is 0 Å². The predicted molar refractivity (Wildman–Crippen MR) is 104 cm³/mol. The molecule has 2 aromatic carbocycles. The standard InChI is InChI=1S/C22H20F3N3O2/c1-2-18(14-7-4-3-5-8-14)21(29)28-12-16(13-28)20-26-19(27-30-20)15-9-6-10-17(11-15)22(23,24)25/h3-11,16,18H,2,12-13H2,1H3. The van der Waals surface area contributed by atoms with Gasteiger partial charge < -0.3 is 9.42 Å². The topological polar surface area (TPSA) is 59.2 Å². The number of amides is 1. The summed E-state index contributed by atoms with van der Waals surface area (Å²) in [5.41, 5.74) is 0.457. The van der Waals surface area contributed by atoms with Gasteiger partial charge in [-0.25, -0.2) is 0 Å². The van der Waals surface area contributed by atoms with Crippen LogP contribution in [0, 0.1) is 0 Å². The van der Waals surface area contributed by atoms with Gasteiger partial charge in [-0.05, 0) is 24.1 Å². The van der Waals surface area contributed by atoms with E-state index in [-0.39, 0.29) is 29.1 Å². The van der Waals surface area contributed by atoms with E-state index in [1.165, 1.54) is 12.1 Å². The highest BCUT2D eigenvalue weighted by Gasteiger charge is 2.38. The summed E-state index contributed by atoms with van der Waals surface area (Å²) in [6, 6.07) is 14.4. The molecular weight excluding hydrogens is 395 g/mol. The van der Waals surface area contributed by atoms with Gasteiger partial charge >= 0.3 is 6.18 Å². The van der Waals surface area contributed by atoms with E-state index in [4.69, 9.17) is 4.52 Å². The van der Waals surface area contributed by atoms with E-state index in [1.807, 2.05) is 37.3 Å². The first-order valence-electron chi connectivity index (χ1n) is 9.71. The van der Waals surface area contributed by atoms with E-state index in [2.05, 4.69) is 10.1 Å². The van der Waals surface area contributed by atoms with Crippen LogP contribution in [0.25, 0.3) is 11.4 Å². The molecule has 0 bridgehead atoms. The van der Waals surface area contributed by atoms with Crippen LogP contribution < -0.4 is 0 Å². The molecule has 1 aliphatic heterocycles. The molecule has 1 aliphatic rings. The second-order valence-corrected chi connectivity index (χ2v) is 7.35. The van der Waals surface area contributed by atoms with Crippen LogP contribution in [0.1, 0.15) is 42.2 Å². The number of aromatic nitrogens is 2. The third-order valence-corrected chi connectivity index (χ3v) is 5.34. The van der Waals surface area contributed by atoms with Crippen molar-refractivity contribution >= 4 is 5.91 Å². The molecule has 1 atom stereocenters. The lowest BCUT2D eigenvalue weighted by atomic mass is 9.91. The molecule has 5 nitrogen and oxygen atoms in total. The minimum Gasteiger partial charge on any atom is -0.340 e. The zero-order valence-corrected chi connectivity index (χ0v) is 16.3. The second-order valence-electron chi connectivity index (χ2n) is 7.35. The molecule has 0 saturated carbocycles. The van der Waals surface area contributed by atoms with Crippen molar-refractivity contribution in [2.45, 2.75) is 31.4 Å². The Morgan fingerprint density at radius 3 is 2.57 bits per heavy atom. The molecule has 0 spiro atoms. The van der Waals surface area contributed by atoms with Crippen LogP contribution in [0.3, 0.4) is 0 Å². The summed E-state index contributed by atoms with van der Waals surface area (Å²) in [6.07, 6.45) is -3.74. The average Bonchev–Trinajstić information content (AvgIpc) is 3.17. The van der Waals surface area contributed by atoms with Crippen molar-refractivity contribution in [3.8, 4) is 11.4 Å². The lowest BCUT2D eigenvalue weighted by molar-refractivity contribution is -0.138. The number of hydrogen-bond donors (Lipinski definition) is 0. The Labute approximate surface area is 171 Å². The van der Waals surface area contributed by atoms with Crippen molar-refractivity contribution in [1.29, 1.82) is 0 Å². The number of carbonyl (C=O) groups excluding carboxylic acids is 1. The van der Waals surface area contributed by atoms with E-state index in [0.29, 0.717) is 25.4 Å². The third-order valence-electron chi connectivity index (χ3n) is 5.34. The summed E-state index contributed by atoms with van der Waals surface area (Å²) in [7, 11) is 0. The van der Waals surface area contributed by atoms with Gasteiger partial charge in [0.25, 0.3) is 0 Å². The number of halogens is 3. The molecule has 1 amide bonds. The molecule has 1 saturated heterocycles. The van der Waals surface area contributed by atoms with Gasteiger partial charge in [0.05, 0.1) is 17.4 Å². The Morgan fingerprint density at radius 1 is 1.17 bits per heavy atom. The van der Waals surface area contributed by atoms with Crippen LogP contribution in [0.2, 0.25) is 0 Å². The number of hydrogen-bond acceptors (Lipinski definition) is 4. The lowest BCUT2D eigenvalue weighted by Crippen LogP contribution is -2.50. The summed E-state index contributed by atoms with van der Waals surface area (Å²) >= 11 is 0. The first kappa shape index (κ1) is 20.1. The lowest BCUT2D eigenvalue weighted by Gasteiger charge is -2.39. The molecule has 1 unspecified atom stereocenters. The van der Waals surface area contributed by atoms with E-state index in [1.54, 1.807) is 4.90 Å². The molecule has 156 valence electrons. The number of carbonyl (C=O) groups is 1. The number of likely N-dealkylation sites (tertiary alicyclic amines) is 1. The van der Waals surface area contributed by atoms with Crippen molar-refractivity contribution in [1.82, 2.24) is 15.0 Å². The van der Waals surface area contributed by atoms with Gasteiger partial charge in [-0.3, -0.25) is 4.79 Å². The molecule has 0 aliphatic carbocycles. The molecule has 4 rings (SSSR count). The van der Waals surface area contributed by atoms with Crippen LogP contribution in [0.4, 0.5) is 13.2 Å². The summed E-state index contributed by atoms with van der Waals surface area (Å²) in [5, 5.41) is 3.82. The highest BCUT2D eigenvalue weighted by atomic mass is 19.4. The Bertz CT molecular complexity index is 1030. The van der Waals surface area contributed by atoms with Gasteiger partial charge in [-0.1, -0.05) is 54.5 Å². The van der Waals surface area contributed by atoms with Crippen molar-refractivity contribution in [2.24, 2.45) is 0 Å². The maximum absolute atomic E-state index is 12.9. The number of rotatable bonds is 5. The molecule has 1 aromatic heterocycles. The fourth-order valence-corrected chi connectivity index (χ4v) is 3.63. The fourth-order valence-electron chi connectivity index (χ4n) is 3.63. The first-order valence-corrected chi connectivity index (χ1v) is 9.71. The quantitative estimate of drug-likeness (QED) is 0.596. The Balaban J connectivity index is 1.43. The molecule has 8 heteroatoms. The third kappa shape index (κ3) is 3.94. The predicted octanol–water partition coefficient (Wildman–Crippen LogP) is 4.88. The summed E-state index contributed by atoms with van der Waals surface area (Å²) in [4.78, 5) is 18.9. The van der Waals surface area contributed by atoms with Crippen molar-refractivity contribution in [3.05, 3.63) is 71.6 Å². The van der Waals surface area contributed by atoms with Crippen molar-refractivity contribution in [2.75, 3.05) is 13.1 Å². The Kier molecular flexibility index (Phi) is 5.32. The average molecular weight is 415 g/mol. The normalized spacial score (nSPS) is 15.7. The van der Waals surface area contributed by atoms with Crippen molar-refractivity contribution in [3.63, 3.8) is 0 Å². The van der Waals surface area contributed by atoms with E-state index < -0.39 is 11.7 Å². The van der Waals surface area contributed by atoms with E-state index in [9.17, 15) is 18.0 Å². The van der Waals surface area contributed by atoms with Crippen LogP contribution in [0.5, 0.6) is 0 Å². The molecular formula is C22H20F3N3O2. The molecule has 30 heavy (non-hydrogen) atoms. The van der Waals surface area contributed by atoms with Gasteiger partial charge in [0.2, 0.25) is 17.6 Å². The number of nitrogens with zero attached hydrogens (tertiary/aromatic N) is 3. The van der Waals surface area contributed by atoms with Gasteiger partial charge in [0, 0.05) is 18.7 Å². The summed E-state index contributed by atoms with van der Waals surface area (Å²) in [5.74, 6) is 0.179. The number of alkyl halides is 3. The first-order chi connectivity index (χ1) is 14.4. The Hall–Kier alpha value is -3.16. The number of benzene rings is 2. The fraction of sp³-hybridized carbons (Fsp3) is 0.318. The van der Waals surface area contributed by atoms with E-state index in [0.717, 1.165) is 17.7 Å². The maximum atomic E-state index is 12.9. The van der Waals surface area contributed by atoms with Gasteiger partial charge in [-0.15, -0.1) is 0 Å².